The Balaban J connectivity index is 1.29. The molecule has 0 saturated heterocycles. The molecule has 0 unspecified atom stereocenters. The number of amides is 1. The van der Waals surface area contributed by atoms with E-state index in [1.165, 1.54) is 0 Å². The third-order valence-electron chi connectivity index (χ3n) is 6.42. The standard InChI is InChI=1S/C31H27N3O5/c1-20-14-23(16-24(17-32)31(35)33-18-22-4-13-29-30(15-22)38-19-37-29)21(2)34(20)25-5-7-27(8-6-25)39-28-11-9-26(36-3)10-12-28/h4-16H,18-19H2,1-3H3,(H,33,35)/b24-16+. The van der Waals surface area contributed by atoms with Crippen molar-refractivity contribution >= 4 is 12.0 Å². The van der Waals surface area contributed by atoms with Gasteiger partial charge in [0.2, 0.25) is 6.79 Å². The van der Waals surface area contributed by atoms with Crippen molar-refractivity contribution in [2.75, 3.05) is 13.9 Å². The number of aromatic nitrogens is 1. The second kappa shape index (κ2) is 11.1. The maximum Gasteiger partial charge on any atom is 0.262 e. The Labute approximate surface area is 226 Å². The minimum absolute atomic E-state index is 0.0271. The SMILES string of the molecule is COc1ccc(Oc2ccc(-n3c(C)cc(/C=C(\C#N)C(=O)NCc4ccc5c(c4)OCO5)c3C)cc2)cc1. The lowest BCUT2D eigenvalue weighted by Gasteiger charge is -2.12. The van der Waals surface area contributed by atoms with Crippen LogP contribution in [0.1, 0.15) is 22.5 Å². The fourth-order valence-corrected chi connectivity index (χ4v) is 4.41. The molecule has 196 valence electrons. The average Bonchev–Trinajstić information content (AvgIpc) is 3.54. The van der Waals surface area contributed by atoms with Gasteiger partial charge in [0, 0.05) is 23.6 Å². The van der Waals surface area contributed by atoms with Crippen molar-refractivity contribution < 1.29 is 23.7 Å². The van der Waals surface area contributed by atoms with Gasteiger partial charge in [0.15, 0.2) is 11.5 Å². The molecule has 1 aliphatic heterocycles. The average molecular weight is 522 g/mol. The van der Waals surface area contributed by atoms with Gasteiger partial charge in [-0.1, -0.05) is 6.07 Å². The van der Waals surface area contributed by atoms with Gasteiger partial charge < -0.3 is 28.8 Å². The summed E-state index contributed by atoms with van der Waals surface area (Å²) < 4.78 is 23.9. The first-order chi connectivity index (χ1) is 18.9. The van der Waals surface area contributed by atoms with Crippen molar-refractivity contribution in [2.45, 2.75) is 20.4 Å². The molecule has 0 saturated carbocycles. The molecular formula is C31H27N3O5. The van der Waals surface area contributed by atoms with Crippen LogP contribution in [0.25, 0.3) is 11.8 Å². The number of hydrogen-bond donors (Lipinski definition) is 1. The Morgan fingerprint density at radius 3 is 2.33 bits per heavy atom. The smallest absolute Gasteiger partial charge is 0.262 e. The first-order valence-electron chi connectivity index (χ1n) is 12.3. The van der Waals surface area contributed by atoms with Crippen LogP contribution in [-0.2, 0) is 11.3 Å². The molecule has 0 fully saturated rings. The second-order valence-corrected chi connectivity index (χ2v) is 8.97. The molecule has 39 heavy (non-hydrogen) atoms. The van der Waals surface area contributed by atoms with E-state index in [4.69, 9.17) is 18.9 Å². The summed E-state index contributed by atoms with van der Waals surface area (Å²) in [6.07, 6.45) is 1.62. The van der Waals surface area contributed by atoms with E-state index in [1.54, 1.807) is 19.3 Å². The predicted molar refractivity (Wildman–Crippen MR) is 146 cm³/mol. The number of nitrogens with zero attached hydrogens (tertiary/aromatic N) is 2. The van der Waals surface area contributed by atoms with Crippen LogP contribution < -0.4 is 24.3 Å². The van der Waals surface area contributed by atoms with Crippen molar-refractivity contribution in [3.05, 3.63) is 101 Å². The van der Waals surface area contributed by atoms with Gasteiger partial charge in [-0.2, -0.15) is 5.26 Å². The molecule has 8 heteroatoms. The van der Waals surface area contributed by atoms with Crippen molar-refractivity contribution in [3.63, 3.8) is 0 Å². The normalized spacial score (nSPS) is 12.1. The Morgan fingerprint density at radius 2 is 1.64 bits per heavy atom. The van der Waals surface area contributed by atoms with Gasteiger partial charge in [0.25, 0.3) is 5.91 Å². The zero-order valence-corrected chi connectivity index (χ0v) is 21.9. The van der Waals surface area contributed by atoms with E-state index in [1.807, 2.05) is 86.6 Å². The summed E-state index contributed by atoms with van der Waals surface area (Å²) in [7, 11) is 1.62. The molecule has 0 radical (unpaired) electrons. The fourth-order valence-electron chi connectivity index (χ4n) is 4.41. The topological polar surface area (TPSA) is 94.7 Å². The van der Waals surface area contributed by atoms with Gasteiger partial charge in [-0.05, 0) is 97.8 Å². The number of rotatable bonds is 8. The molecule has 1 aromatic heterocycles. The molecule has 0 bridgehead atoms. The summed E-state index contributed by atoms with van der Waals surface area (Å²) in [4.78, 5) is 12.8. The van der Waals surface area contributed by atoms with Gasteiger partial charge in [-0.25, -0.2) is 0 Å². The van der Waals surface area contributed by atoms with Crippen LogP contribution in [0.15, 0.2) is 78.4 Å². The number of benzene rings is 3. The highest BCUT2D eigenvalue weighted by Gasteiger charge is 2.16. The van der Waals surface area contributed by atoms with Crippen LogP contribution in [0.5, 0.6) is 28.7 Å². The number of fused-ring (bicyclic) bond motifs is 1. The Hall–Kier alpha value is -5.16. The van der Waals surface area contributed by atoms with Crippen molar-refractivity contribution in [1.82, 2.24) is 9.88 Å². The lowest BCUT2D eigenvalue weighted by atomic mass is 10.1. The van der Waals surface area contributed by atoms with Gasteiger partial charge in [0.1, 0.15) is 28.9 Å². The lowest BCUT2D eigenvalue weighted by molar-refractivity contribution is -0.117. The number of aryl methyl sites for hydroxylation is 1. The molecule has 0 spiro atoms. The minimum atomic E-state index is -0.444. The van der Waals surface area contributed by atoms with Gasteiger partial charge in [-0.15, -0.1) is 0 Å². The van der Waals surface area contributed by atoms with Crippen molar-refractivity contribution in [2.24, 2.45) is 0 Å². The summed E-state index contributed by atoms with van der Waals surface area (Å²) in [5, 5.41) is 12.5. The zero-order chi connectivity index (χ0) is 27.4. The van der Waals surface area contributed by atoms with E-state index in [-0.39, 0.29) is 18.9 Å². The van der Waals surface area contributed by atoms with Crippen LogP contribution in [0.4, 0.5) is 0 Å². The van der Waals surface area contributed by atoms with Gasteiger partial charge in [-0.3, -0.25) is 4.79 Å². The van der Waals surface area contributed by atoms with Crippen LogP contribution in [-0.4, -0.2) is 24.4 Å². The molecule has 1 N–H and O–H groups in total. The first-order valence-corrected chi connectivity index (χ1v) is 12.3. The van der Waals surface area contributed by atoms with E-state index in [0.29, 0.717) is 23.0 Å². The molecule has 1 aliphatic rings. The van der Waals surface area contributed by atoms with Crippen LogP contribution >= 0.6 is 0 Å². The number of ether oxygens (including phenoxy) is 4. The highest BCUT2D eigenvalue weighted by atomic mass is 16.7. The maximum atomic E-state index is 12.8. The number of methoxy groups -OCH3 is 1. The van der Waals surface area contributed by atoms with Crippen molar-refractivity contribution in [1.29, 1.82) is 5.26 Å². The quantitative estimate of drug-likeness (QED) is 0.231. The third kappa shape index (κ3) is 5.58. The Kier molecular flexibility index (Phi) is 7.23. The molecule has 0 aliphatic carbocycles. The monoisotopic (exact) mass is 521 g/mol. The Morgan fingerprint density at radius 1 is 0.974 bits per heavy atom. The third-order valence-corrected chi connectivity index (χ3v) is 6.42. The van der Waals surface area contributed by atoms with E-state index in [9.17, 15) is 10.1 Å². The van der Waals surface area contributed by atoms with Crippen LogP contribution in [0.3, 0.4) is 0 Å². The zero-order valence-electron chi connectivity index (χ0n) is 21.9. The summed E-state index contributed by atoms with van der Waals surface area (Å²) in [6, 6.07) is 24.6. The summed E-state index contributed by atoms with van der Waals surface area (Å²) >= 11 is 0. The highest BCUT2D eigenvalue weighted by molar-refractivity contribution is 6.01. The minimum Gasteiger partial charge on any atom is -0.497 e. The molecule has 4 aromatic rings. The molecule has 3 aromatic carbocycles. The maximum absolute atomic E-state index is 12.8. The summed E-state index contributed by atoms with van der Waals surface area (Å²) in [6.45, 7) is 4.39. The van der Waals surface area contributed by atoms with E-state index in [0.717, 1.165) is 34.0 Å². The number of carbonyl (C=O) groups excluding carboxylic acids is 1. The highest BCUT2D eigenvalue weighted by Crippen LogP contribution is 2.32. The van der Waals surface area contributed by atoms with Gasteiger partial charge in [0.05, 0.1) is 7.11 Å². The van der Waals surface area contributed by atoms with Crippen LogP contribution in [0, 0.1) is 25.2 Å². The molecule has 2 heterocycles. The second-order valence-electron chi connectivity index (χ2n) is 8.97. The number of hydrogen-bond acceptors (Lipinski definition) is 6. The lowest BCUT2D eigenvalue weighted by Crippen LogP contribution is -2.23. The number of nitriles is 1. The van der Waals surface area contributed by atoms with Crippen LogP contribution in [0.2, 0.25) is 0 Å². The molecule has 1 amide bonds. The summed E-state index contributed by atoms with van der Waals surface area (Å²) in [5.74, 6) is 3.06. The molecule has 5 rings (SSSR count). The molecular weight excluding hydrogens is 494 g/mol. The summed E-state index contributed by atoms with van der Waals surface area (Å²) in [5.41, 5.74) is 4.49. The predicted octanol–water partition coefficient (Wildman–Crippen LogP) is 5.85. The molecule has 8 nitrogen and oxygen atoms in total. The molecule has 0 atom stereocenters. The first kappa shape index (κ1) is 25.5. The fraction of sp³-hybridized carbons (Fsp3) is 0.161. The largest absolute Gasteiger partial charge is 0.497 e. The van der Waals surface area contributed by atoms with E-state index < -0.39 is 5.91 Å². The Bertz CT molecular complexity index is 1580. The van der Waals surface area contributed by atoms with E-state index >= 15 is 0 Å². The number of carbonyl (C=O) groups is 1. The van der Waals surface area contributed by atoms with E-state index in [2.05, 4.69) is 9.88 Å². The van der Waals surface area contributed by atoms with Gasteiger partial charge >= 0.3 is 0 Å². The van der Waals surface area contributed by atoms with Crippen molar-refractivity contribution in [3.8, 4) is 40.5 Å². The number of nitrogens with one attached hydrogen (secondary N) is 1.